The van der Waals surface area contributed by atoms with Gasteiger partial charge in [0.05, 0.1) is 16.8 Å². The molecule has 1 aromatic heterocycles. The minimum atomic E-state index is -0.975. The molecule has 2 aromatic rings. The van der Waals surface area contributed by atoms with Crippen molar-refractivity contribution in [1.82, 2.24) is 14.7 Å². The molecule has 0 bridgehead atoms. The van der Waals surface area contributed by atoms with Gasteiger partial charge in [0.2, 0.25) is 0 Å². The molecule has 1 aliphatic rings. The molecule has 1 unspecified atom stereocenters. The molecule has 1 saturated heterocycles. The number of nitrogens with zero attached hydrogens (tertiary/aromatic N) is 3. The van der Waals surface area contributed by atoms with Crippen LogP contribution in [0.3, 0.4) is 0 Å². The molecule has 7 heteroatoms. The Hall–Kier alpha value is -2.05. The second-order valence-corrected chi connectivity index (χ2v) is 7.40. The van der Waals surface area contributed by atoms with Crippen molar-refractivity contribution in [2.24, 2.45) is 7.05 Å². The summed E-state index contributed by atoms with van der Waals surface area (Å²) in [6.07, 6.45) is 5.04. The normalized spacial score (nSPS) is 20.7. The van der Waals surface area contributed by atoms with Crippen molar-refractivity contribution >= 4 is 17.5 Å². The van der Waals surface area contributed by atoms with Gasteiger partial charge in [-0.2, -0.15) is 5.10 Å². The van der Waals surface area contributed by atoms with E-state index in [1.165, 1.54) is 0 Å². The van der Waals surface area contributed by atoms with Crippen LogP contribution in [0.15, 0.2) is 30.6 Å². The molecule has 0 radical (unpaired) electrons. The van der Waals surface area contributed by atoms with Gasteiger partial charge in [-0.25, -0.2) is 0 Å². The van der Waals surface area contributed by atoms with E-state index < -0.39 is 5.60 Å². The summed E-state index contributed by atoms with van der Waals surface area (Å²) < 4.78 is 7.41. The fourth-order valence-corrected chi connectivity index (χ4v) is 3.35. The number of carbonyl (C=O) groups excluding carboxylic acids is 1. The Morgan fingerprint density at radius 3 is 2.92 bits per heavy atom. The van der Waals surface area contributed by atoms with E-state index in [4.69, 9.17) is 16.3 Å². The molecular formula is C19H24ClN3O3. The summed E-state index contributed by atoms with van der Waals surface area (Å²) in [4.78, 5) is 14.4. The van der Waals surface area contributed by atoms with Gasteiger partial charge in [-0.3, -0.25) is 9.48 Å². The van der Waals surface area contributed by atoms with E-state index in [0.29, 0.717) is 48.7 Å². The number of aryl methyl sites for hydroxylation is 2. The Bertz CT molecular complexity index is 792. The van der Waals surface area contributed by atoms with Crippen LogP contribution in [0.2, 0.25) is 5.02 Å². The van der Waals surface area contributed by atoms with Crippen LogP contribution in [0.1, 0.15) is 35.2 Å². The highest BCUT2D eigenvalue weighted by molar-refractivity contribution is 6.32. The second kappa shape index (κ2) is 7.68. The Balaban J connectivity index is 1.61. The molecule has 2 heterocycles. The number of rotatable bonds is 4. The van der Waals surface area contributed by atoms with Crippen LogP contribution in [0.4, 0.5) is 0 Å². The number of benzene rings is 1. The lowest BCUT2D eigenvalue weighted by atomic mass is 9.96. The van der Waals surface area contributed by atoms with Gasteiger partial charge < -0.3 is 14.7 Å². The highest BCUT2D eigenvalue weighted by Crippen LogP contribution is 2.29. The smallest absolute Gasteiger partial charge is 0.257 e. The van der Waals surface area contributed by atoms with E-state index in [1.54, 1.807) is 35.1 Å². The highest BCUT2D eigenvalue weighted by atomic mass is 35.5. The average molecular weight is 378 g/mol. The van der Waals surface area contributed by atoms with E-state index in [1.807, 2.05) is 19.1 Å². The maximum atomic E-state index is 12.6. The van der Waals surface area contributed by atoms with E-state index in [9.17, 15) is 9.90 Å². The monoisotopic (exact) mass is 377 g/mol. The van der Waals surface area contributed by atoms with Crippen LogP contribution in [0.5, 0.6) is 5.75 Å². The molecule has 0 saturated carbocycles. The lowest BCUT2D eigenvalue weighted by Gasteiger charge is -2.27. The topological polar surface area (TPSA) is 67.6 Å². The Labute approximate surface area is 158 Å². The van der Waals surface area contributed by atoms with Gasteiger partial charge in [0, 0.05) is 26.3 Å². The number of hydrogen-bond donors (Lipinski definition) is 1. The number of amides is 1. The summed E-state index contributed by atoms with van der Waals surface area (Å²) in [5.74, 6) is 0.526. The van der Waals surface area contributed by atoms with Gasteiger partial charge in [-0.05, 0) is 43.9 Å². The Morgan fingerprint density at radius 2 is 2.19 bits per heavy atom. The fourth-order valence-electron chi connectivity index (χ4n) is 3.17. The lowest BCUT2D eigenvalue weighted by molar-refractivity contribution is -0.0163. The third-order valence-corrected chi connectivity index (χ3v) is 5.05. The van der Waals surface area contributed by atoms with E-state index >= 15 is 0 Å². The molecule has 1 amide bonds. The summed E-state index contributed by atoms with van der Waals surface area (Å²) in [5.41, 5.74) is 0.642. The van der Waals surface area contributed by atoms with Crippen molar-refractivity contribution in [3.63, 3.8) is 0 Å². The third-order valence-electron chi connectivity index (χ3n) is 4.74. The molecule has 1 aromatic carbocycles. The van der Waals surface area contributed by atoms with Gasteiger partial charge in [-0.1, -0.05) is 17.7 Å². The summed E-state index contributed by atoms with van der Waals surface area (Å²) >= 11 is 6.16. The molecule has 6 nitrogen and oxygen atoms in total. The maximum absolute atomic E-state index is 12.6. The fraction of sp³-hybridized carbons (Fsp3) is 0.474. The SMILES string of the molecule is Cc1ccc(Cl)c(OCC2(O)CCCN(C(=O)c3cnn(C)c3)CC2)c1. The molecule has 0 spiro atoms. The largest absolute Gasteiger partial charge is 0.489 e. The minimum absolute atomic E-state index is 0.0509. The number of aliphatic hydroxyl groups is 1. The highest BCUT2D eigenvalue weighted by Gasteiger charge is 2.33. The summed E-state index contributed by atoms with van der Waals surface area (Å²) in [6, 6.07) is 5.57. The van der Waals surface area contributed by atoms with Crippen molar-refractivity contribution in [3.8, 4) is 5.75 Å². The molecule has 3 rings (SSSR count). The van der Waals surface area contributed by atoms with E-state index in [2.05, 4.69) is 5.10 Å². The van der Waals surface area contributed by atoms with Crippen LogP contribution in [0.25, 0.3) is 0 Å². The van der Waals surface area contributed by atoms with Crippen molar-refractivity contribution in [3.05, 3.63) is 46.7 Å². The minimum Gasteiger partial charge on any atom is -0.489 e. The van der Waals surface area contributed by atoms with Crippen molar-refractivity contribution in [1.29, 1.82) is 0 Å². The van der Waals surface area contributed by atoms with Gasteiger partial charge in [0.1, 0.15) is 18.0 Å². The summed E-state index contributed by atoms with van der Waals surface area (Å²) in [7, 11) is 1.78. The van der Waals surface area contributed by atoms with Gasteiger partial charge in [0.15, 0.2) is 0 Å². The van der Waals surface area contributed by atoms with Crippen LogP contribution in [0, 0.1) is 6.92 Å². The van der Waals surface area contributed by atoms with E-state index in [-0.39, 0.29) is 12.5 Å². The Morgan fingerprint density at radius 1 is 1.38 bits per heavy atom. The lowest BCUT2D eigenvalue weighted by Crippen LogP contribution is -2.38. The zero-order valence-electron chi connectivity index (χ0n) is 15.1. The molecule has 26 heavy (non-hydrogen) atoms. The predicted octanol–water partition coefficient (Wildman–Crippen LogP) is 2.82. The molecule has 1 aliphatic heterocycles. The first-order valence-corrected chi connectivity index (χ1v) is 9.13. The summed E-state index contributed by atoms with van der Waals surface area (Å²) in [6.45, 7) is 3.22. The zero-order valence-corrected chi connectivity index (χ0v) is 15.9. The molecule has 1 N–H and O–H groups in total. The predicted molar refractivity (Wildman–Crippen MR) is 99.6 cm³/mol. The molecule has 0 aliphatic carbocycles. The first kappa shape index (κ1) is 18.7. The number of hydrogen-bond acceptors (Lipinski definition) is 4. The van der Waals surface area contributed by atoms with Gasteiger partial charge in [0.25, 0.3) is 5.91 Å². The van der Waals surface area contributed by atoms with Gasteiger partial charge >= 0.3 is 0 Å². The molecular weight excluding hydrogens is 354 g/mol. The van der Waals surface area contributed by atoms with Crippen molar-refractivity contribution in [2.45, 2.75) is 31.8 Å². The number of ether oxygens (including phenoxy) is 1. The maximum Gasteiger partial charge on any atom is 0.257 e. The molecule has 1 atom stereocenters. The van der Waals surface area contributed by atoms with Crippen LogP contribution in [-0.4, -0.2) is 51.0 Å². The quantitative estimate of drug-likeness (QED) is 0.889. The van der Waals surface area contributed by atoms with Crippen molar-refractivity contribution < 1.29 is 14.6 Å². The molecule has 1 fully saturated rings. The average Bonchev–Trinajstić information content (AvgIpc) is 2.95. The van der Waals surface area contributed by atoms with Gasteiger partial charge in [-0.15, -0.1) is 0 Å². The summed E-state index contributed by atoms with van der Waals surface area (Å²) in [5, 5.41) is 15.5. The Kier molecular flexibility index (Phi) is 5.53. The van der Waals surface area contributed by atoms with Crippen LogP contribution in [-0.2, 0) is 7.05 Å². The second-order valence-electron chi connectivity index (χ2n) is 7.00. The first-order valence-electron chi connectivity index (χ1n) is 8.76. The number of carbonyl (C=O) groups is 1. The third kappa shape index (κ3) is 4.37. The van der Waals surface area contributed by atoms with Crippen LogP contribution < -0.4 is 4.74 Å². The number of aromatic nitrogens is 2. The first-order chi connectivity index (χ1) is 12.4. The zero-order chi connectivity index (χ0) is 18.7. The van der Waals surface area contributed by atoms with Crippen LogP contribution >= 0.6 is 11.6 Å². The molecule has 140 valence electrons. The van der Waals surface area contributed by atoms with Crippen molar-refractivity contribution in [2.75, 3.05) is 19.7 Å². The standard InChI is InChI=1S/C19H24ClN3O3/c1-14-4-5-16(20)17(10-14)26-13-19(25)6-3-8-23(9-7-19)18(24)15-11-21-22(2)12-15/h4-5,10-12,25H,3,6-9,13H2,1-2H3. The number of likely N-dealkylation sites (tertiary alicyclic amines) is 1. The van der Waals surface area contributed by atoms with E-state index in [0.717, 1.165) is 5.56 Å². The number of halogens is 1.